The van der Waals surface area contributed by atoms with Gasteiger partial charge in [-0.1, -0.05) is 30.3 Å². The summed E-state index contributed by atoms with van der Waals surface area (Å²) in [6.07, 6.45) is 1.28. The van der Waals surface area contributed by atoms with E-state index in [0.717, 1.165) is 5.56 Å². The van der Waals surface area contributed by atoms with Crippen LogP contribution in [0.5, 0.6) is 6.08 Å². The zero-order chi connectivity index (χ0) is 12.8. The second-order valence-electron chi connectivity index (χ2n) is 3.49. The van der Waals surface area contributed by atoms with Gasteiger partial charge in [0.1, 0.15) is 12.9 Å². The van der Waals surface area contributed by atoms with Crippen LogP contribution >= 0.6 is 0 Å². The molecule has 94 valence electrons. The van der Waals surface area contributed by atoms with Crippen molar-refractivity contribution in [1.82, 2.24) is 4.98 Å². The Kier molecular flexibility index (Phi) is 3.96. The maximum atomic E-state index is 11.3. The number of ether oxygens (including phenoxy) is 2. The van der Waals surface area contributed by atoms with E-state index in [9.17, 15) is 4.79 Å². The topological polar surface area (TPSA) is 61.6 Å². The SMILES string of the molecule is CCOC(=O)c1coc(OCc2ccccc2)n1. The van der Waals surface area contributed by atoms with Gasteiger partial charge in [0.15, 0.2) is 5.69 Å². The number of aromatic nitrogens is 1. The fourth-order valence-electron chi connectivity index (χ4n) is 1.34. The molecular formula is C13H13NO4. The normalized spacial score (nSPS) is 10.1. The lowest BCUT2D eigenvalue weighted by atomic mass is 10.2. The Morgan fingerprint density at radius 2 is 2.11 bits per heavy atom. The fourth-order valence-corrected chi connectivity index (χ4v) is 1.34. The van der Waals surface area contributed by atoms with Crippen LogP contribution in [0.25, 0.3) is 0 Å². The monoisotopic (exact) mass is 247 g/mol. The average Bonchev–Trinajstić information content (AvgIpc) is 2.87. The molecule has 0 saturated carbocycles. The van der Waals surface area contributed by atoms with Crippen molar-refractivity contribution in [2.45, 2.75) is 13.5 Å². The van der Waals surface area contributed by atoms with E-state index in [1.54, 1.807) is 6.92 Å². The summed E-state index contributed by atoms with van der Waals surface area (Å²) in [6.45, 7) is 2.36. The number of rotatable bonds is 5. The zero-order valence-corrected chi connectivity index (χ0v) is 9.96. The summed E-state index contributed by atoms with van der Waals surface area (Å²) < 4.78 is 15.1. The maximum absolute atomic E-state index is 11.3. The van der Waals surface area contributed by atoms with Crippen LogP contribution in [0.3, 0.4) is 0 Å². The molecule has 0 aliphatic heterocycles. The number of oxazole rings is 1. The molecule has 2 rings (SSSR count). The van der Waals surface area contributed by atoms with E-state index in [1.165, 1.54) is 6.26 Å². The Morgan fingerprint density at radius 1 is 1.33 bits per heavy atom. The summed E-state index contributed by atoms with van der Waals surface area (Å²) in [5, 5.41) is 0. The highest BCUT2D eigenvalue weighted by Crippen LogP contribution is 2.13. The molecule has 0 N–H and O–H groups in total. The number of hydrogen-bond acceptors (Lipinski definition) is 5. The first-order valence-corrected chi connectivity index (χ1v) is 5.59. The van der Waals surface area contributed by atoms with Gasteiger partial charge >= 0.3 is 12.0 Å². The third-order valence-corrected chi connectivity index (χ3v) is 2.17. The fraction of sp³-hybridized carbons (Fsp3) is 0.231. The van der Waals surface area contributed by atoms with Crippen molar-refractivity contribution < 1.29 is 18.7 Å². The molecule has 0 saturated heterocycles. The third kappa shape index (κ3) is 3.10. The molecule has 0 amide bonds. The summed E-state index contributed by atoms with van der Waals surface area (Å²) in [7, 11) is 0. The van der Waals surface area contributed by atoms with Crippen molar-refractivity contribution in [1.29, 1.82) is 0 Å². The first-order chi connectivity index (χ1) is 8.79. The van der Waals surface area contributed by atoms with E-state index in [1.807, 2.05) is 30.3 Å². The maximum Gasteiger partial charge on any atom is 0.394 e. The number of carbonyl (C=O) groups excluding carboxylic acids is 1. The molecule has 5 heteroatoms. The van der Waals surface area contributed by atoms with E-state index in [4.69, 9.17) is 13.9 Å². The van der Waals surface area contributed by atoms with Crippen molar-refractivity contribution in [2.75, 3.05) is 6.61 Å². The molecule has 2 aromatic rings. The van der Waals surface area contributed by atoms with Crippen LogP contribution < -0.4 is 4.74 Å². The lowest BCUT2D eigenvalue weighted by Gasteiger charge is -2.00. The van der Waals surface area contributed by atoms with Gasteiger partial charge in [0.05, 0.1) is 6.61 Å². The Labute approximate surface area is 104 Å². The van der Waals surface area contributed by atoms with Gasteiger partial charge in [-0.2, -0.15) is 4.98 Å². The predicted molar refractivity (Wildman–Crippen MR) is 63.2 cm³/mol. The molecule has 0 bridgehead atoms. The van der Waals surface area contributed by atoms with Crippen molar-refractivity contribution in [2.24, 2.45) is 0 Å². The minimum Gasteiger partial charge on any atom is -0.461 e. The van der Waals surface area contributed by atoms with Crippen LogP contribution in [0, 0.1) is 0 Å². The standard InChI is InChI=1S/C13H13NO4/c1-2-16-12(15)11-9-18-13(14-11)17-8-10-6-4-3-5-7-10/h3-7,9H,2,8H2,1H3. The van der Waals surface area contributed by atoms with Gasteiger partial charge in [0, 0.05) is 0 Å². The van der Waals surface area contributed by atoms with E-state index >= 15 is 0 Å². The first kappa shape index (κ1) is 12.2. The van der Waals surface area contributed by atoms with Crippen LogP contribution in [0.1, 0.15) is 23.0 Å². The van der Waals surface area contributed by atoms with E-state index in [-0.39, 0.29) is 11.8 Å². The van der Waals surface area contributed by atoms with E-state index < -0.39 is 5.97 Å². The average molecular weight is 247 g/mol. The molecular weight excluding hydrogens is 234 g/mol. The van der Waals surface area contributed by atoms with Crippen molar-refractivity contribution in [3.63, 3.8) is 0 Å². The molecule has 1 aromatic heterocycles. The van der Waals surface area contributed by atoms with Crippen molar-refractivity contribution in [3.8, 4) is 6.08 Å². The first-order valence-electron chi connectivity index (χ1n) is 5.59. The summed E-state index contributed by atoms with van der Waals surface area (Å²) in [6, 6.07) is 9.61. The van der Waals surface area contributed by atoms with Gasteiger partial charge in [-0.15, -0.1) is 0 Å². The molecule has 0 atom stereocenters. The minimum absolute atomic E-state index is 0.0573. The van der Waals surface area contributed by atoms with Crippen LogP contribution in [0.15, 0.2) is 41.0 Å². The second-order valence-corrected chi connectivity index (χ2v) is 3.49. The molecule has 1 aromatic carbocycles. The van der Waals surface area contributed by atoms with Crippen LogP contribution in [-0.2, 0) is 11.3 Å². The van der Waals surface area contributed by atoms with E-state index in [0.29, 0.717) is 13.2 Å². The van der Waals surface area contributed by atoms with Gasteiger partial charge in [-0.25, -0.2) is 4.79 Å². The minimum atomic E-state index is -0.518. The lowest BCUT2D eigenvalue weighted by Crippen LogP contribution is -2.05. The molecule has 0 aliphatic carbocycles. The quantitative estimate of drug-likeness (QED) is 0.759. The zero-order valence-electron chi connectivity index (χ0n) is 9.96. The molecule has 0 radical (unpaired) electrons. The van der Waals surface area contributed by atoms with Crippen molar-refractivity contribution in [3.05, 3.63) is 47.9 Å². The highest BCUT2D eigenvalue weighted by atomic mass is 16.6. The van der Waals surface area contributed by atoms with Crippen LogP contribution in [-0.4, -0.2) is 17.6 Å². The number of nitrogens with zero attached hydrogens (tertiary/aromatic N) is 1. The van der Waals surface area contributed by atoms with Crippen LogP contribution in [0.2, 0.25) is 0 Å². The van der Waals surface area contributed by atoms with E-state index in [2.05, 4.69) is 4.98 Å². The number of carbonyl (C=O) groups is 1. The Bertz CT molecular complexity index is 507. The smallest absolute Gasteiger partial charge is 0.394 e. The third-order valence-electron chi connectivity index (χ3n) is 2.17. The second kappa shape index (κ2) is 5.86. The summed E-state index contributed by atoms with van der Waals surface area (Å²) in [5.41, 5.74) is 1.10. The molecule has 0 aliphatic rings. The number of hydrogen-bond donors (Lipinski definition) is 0. The van der Waals surface area contributed by atoms with Gasteiger partial charge in [-0.05, 0) is 12.5 Å². The largest absolute Gasteiger partial charge is 0.461 e. The summed E-state index contributed by atoms with van der Waals surface area (Å²) in [4.78, 5) is 15.2. The number of esters is 1. The van der Waals surface area contributed by atoms with Gasteiger partial charge in [0.2, 0.25) is 0 Å². The Morgan fingerprint density at radius 3 is 2.83 bits per heavy atom. The summed E-state index contributed by atoms with van der Waals surface area (Å²) in [5.74, 6) is -0.518. The highest BCUT2D eigenvalue weighted by Gasteiger charge is 2.13. The Hall–Kier alpha value is -2.30. The molecule has 5 nitrogen and oxygen atoms in total. The molecule has 0 spiro atoms. The highest BCUT2D eigenvalue weighted by molar-refractivity contribution is 5.86. The van der Waals surface area contributed by atoms with Crippen LogP contribution in [0.4, 0.5) is 0 Å². The molecule has 1 heterocycles. The summed E-state index contributed by atoms with van der Waals surface area (Å²) >= 11 is 0. The number of benzene rings is 1. The predicted octanol–water partition coefficient (Wildman–Crippen LogP) is 2.43. The molecule has 0 fully saturated rings. The Balaban J connectivity index is 1.93. The van der Waals surface area contributed by atoms with Gasteiger partial charge in [0.25, 0.3) is 0 Å². The van der Waals surface area contributed by atoms with Gasteiger partial charge < -0.3 is 13.9 Å². The van der Waals surface area contributed by atoms with Gasteiger partial charge in [-0.3, -0.25) is 0 Å². The lowest BCUT2D eigenvalue weighted by molar-refractivity contribution is 0.0519. The van der Waals surface area contributed by atoms with Crippen molar-refractivity contribution >= 4 is 5.97 Å². The molecule has 0 unspecified atom stereocenters. The molecule has 18 heavy (non-hydrogen) atoms.